The summed E-state index contributed by atoms with van der Waals surface area (Å²) in [4.78, 5) is 14.3. The summed E-state index contributed by atoms with van der Waals surface area (Å²) in [5, 5.41) is 2.88. The Morgan fingerprint density at radius 3 is 2.41 bits per heavy atom. The van der Waals surface area contributed by atoms with E-state index in [-0.39, 0.29) is 24.0 Å². The van der Waals surface area contributed by atoms with E-state index in [9.17, 15) is 13.2 Å². The number of piperazine rings is 1. The maximum Gasteiger partial charge on any atom is 0.317 e. The van der Waals surface area contributed by atoms with Crippen LogP contribution in [0.2, 0.25) is 0 Å². The number of hydrogen-bond donors (Lipinski definition) is 1. The van der Waals surface area contributed by atoms with Gasteiger partial charge in [-0.1, -0.05) is 28.1 Å². The van der Waals surface area contributed by atoms with Gasteiger partial charge >= 0.3 is 6.03 Å². The molecule has 1 N–H and O–H groups in total. The minimum Gasteiger partial charge on any atom is -0.494 e. The average molecular weight is 482 g/mol. The van der Waals surface area contributed by atoms with Gasteiger partial charge in [0, 0.05) is 37.2 Å². The lowest BCUT2D eigenvalue weighted by atomic mass is 10.2. The van der Waals surface area contributed by atoms with Crippen molar-refractivity contribution in [3.05, 3.63) is 58.6 Å². The minimum absolute atomic E-state index is 0.192. The first-order chi connectivity index (χ1) is 13.9. The lowest BCUT2D eigenvalue weighted by Crippen LogP contribution is -2.52. The first-order valence-corrected chi connectivity index (χ1v) is 11.6. The summed E-state index contributed by atoms with van der Waals surface area (Å²) in [7, 11) is -3.59. The topological polar surface area (TPSA) is 79.0 Å². The molecule has 1 aliphatic heterocycles. The van der Waals surface area contributed by atoms with Crippen molar-refractivity contribution in [3.63, 3.8) is 0 Å². The second kappa shape index (κ2) is 9.60. The highest BCUT2D eigenvalue weighted by Crippen LogP contribution is 2.21. The summed E-state index contributed by atoms with van der Waals surface area (Å²) in [5.74, 6) is 0.637. The van der Waals surface area contributed by atoms with Gasteiger partial charge in [0.15, 0.2) is 0 Å². The summed E-state index contributed by atoms with van der Waals surface area (Å²) in [6.45, 7) is 4.04. The fourth-order valence-electron chi connectivity index (χ4n) is 3.09. The maximum atomic E-state index is 12.8. The van der Waals surface area contributed by atoms with Crippen LogP contribution >= 0.6 is 15.9 Å². The molecule has 29 heavy (non-hydrogen) atoms. The van der Waals surface area contributed by atoms with Crippen LogP contribution in [0.4, 0.5) is 4.79 Å². The van der Waals surface area contributed by atoms with Crippen molar-refractivity contribution in [2.24, 2.45) is 0 Å². The van der Waals surface area contributed by atoms with Gasteiger partial charge in [-0.25, -0.2) is 13.2 Å². The maximum absolute atomic E-state index is 12.8. The van der Waals surface area contributed by atoms with Gasteiger partial charge in [0.25, 0.3) is 0 Å². The Morgan fingerprint density at radius 1 is 1.10 bits per heavy atom. The Morgan fingerprint density at radius 2 is 1.79 bits per heavy atom. The van der Waals surface area contributed by atoms with Crippen LogP contribution in [0.15, 0.2) is 57.9 Å². The molecule has 9 heteroatoms. The monoisotopic (exact) mass is 481 g/mol. The van der Waals surface area contributed by atoms with Crippen LogP contribution in [-0.4, -0.2) is 56.4 Å². The third kappa shape index (κ3) is 5.49. The molecule has 7 nitrogen and oxygen atoms in total. The summed E-state index contributed by atoms with van der Waals surface area (Å²) in [6.07, 6.45) is 0. The van der Waals surface area contributed by atoms with E-state index in [0.717, 1.165) is 10.0 Å². The molecule has 1 heterocycles. The standard InChI is InChI=1S/C20H24BrN3O4S/c1-2-28-18-6-8-19(9-7-18)29(26,27)24-12-10-23(11-13-24)20(25)22-15-16-4-3-5-17(21)14-16/h3-9,14H,2,10-13,15H2,1H3,(H,22,25). The zero-order valence-corrected chi connectivity index (χ0v) is 18.6. The van der Waals surface area contributed by atoms with Gasteiger partial charge < -0.3 is 15.0 Å². The quantitative estimate of drug-likeness (QED) is 0.687. The number of sulfonamides is 1. The molecule has 2 aromatic carbocycles. The van der Waals surface area contributed by atoms with Gasteiger partial charge in [0.1, 0.15) is 5.75 Å². The molecule has 1 fully saturated rings. The van der Waals surface area contributed by atoms with Crippen molar-refractivity contribution < 1.29 is 17.9 Å². The third-order valence-corrected chi connectivity index (χ3v) is 7.04. The highest BCUT2D eigenvalue weighted by atomic mass is 79.9. The summed E-state index contributed by atoms with van der Waals surface area (Å²) < 4.78 is 33.4. The predicted octanol–water partition coefficient (Wildman–Crippen LogP) is 3.06. The van der Waals surface area contributed by atoms with Crippen LogP contribution in [0.25, 0.3) is 0 Å². The third-order valence-electron chi connectivity index (χ3n) is 4.63. The Labute approximate surface area is 179 Å². The summed E-state index contributed by atoms with van der Waals surface area (Å²) in [6, 6.07) is 13.9. The highest BCUT2D eigenvalue weighted by molar-refractivity contribution is 9.10. The molecule has 2 aromatic rings. The molecule has 1 saturated heterocycles. The fraction of sp³-hybridized carbons (Fsp3) is 0.350. The second-order valence-corrected chi connectivity index (χ2v) is 9.44. The summed E-state index contributed by atoms with van der Waals surface area (Å²) >= 11 is 3.41. The van der Waals surface area contributed by atoms with Crippen molar-refractivity contribution in [2.75, 3.05) is 32.8 Å². The van der Waals surface area contributed by atoms with Gasteiger partial charge in [0.2, 0.25) is 10.0 Å². The van der Waals surface area contributed by atoms with Gasteiger partial charge in [-0.2, -0.15) is 4.31 Å². The molecule has 0 radical (unpaired) electrons. The number of benzene rings is 2. The van der Waals surface area contributed by atoms with Crippen molar-refractivity contribution in [1.29, 1.82) is 0 Å². The number of amides is 2. The van der Waals surface area contributed by atoms with Crippen LogP contribution in [0.1, 0.15) is 12.5 Å². The van der Waals surface area contributed by atoms with Crippen molar-refractivity contribution in [3.8, 4) is 5.75 Å². The molecule has 1 aliphatic rings. The number of halogens is 1. The molecule has 156 valence electrons. The fourth-order valence-corrected chi connectivity index (χ4v) is 4.96. The van der Waals surface area contributed by atoms with Gasteiger partial charge in [-0.3, -0.25) is 0 Å². The highest BCUT2D eigenvalue weighted by Gasteiger charge is 2.30. The zero-order valence-electron chi connectivity index (χ0n) is 16.2. The smallest absolute Gasteiger partial charge is 0.317 e. The van der Waals surface area contributed by atoms with E-state index in [1.54, 1.807) is 29.2 Å². The van der Waals surface area contributed by atoms with E-state index < -0.39 is 10.0 Å². The Bertz CT molecular complexity index is 942. The number of hydrogen-bond acceptors (Lipinski definition) is 4. The number of rotatable bonds is 6. The molecule has 0 aliphatic carbocycles. The lowest BCUT2D eigenvalue weighted by Gasteiger charge is -2.34. The van der Waals surface area contributed by atoms with E-state index in [2.05, 4.69) is 21.2 Å². The van der Waals surface area contributed by atoms with Crippen LogP contribution in [0, 0.1) is 0 Å². The van der Waals surface area contributed by atoms with Gasteiger partial charge in [0.05, 0.1) is 11.5 Å². The van der Waals surface area contributed by atoms with Gasteiger partial charge in [-0.15, -0.1) is 0 Å². The Kier molecular flexibility index (Phi) is 7.15. The molecule has 0 unspecified atom stereocenters. The number of carbonyl (C=O) groups is 1. The SMILES string of the molecule is CCOc1ccc(S(=O)(=O)N2CCN(C(=O)NCc3cccc(Br)c3)CC2)cc1. The second-order valence-electron chi connectivity index (χ2n) is 6.58. The number of carbonyl (C=O) groups excluding carboxylic acids is 1. The van der Waals surface area contributed by atoms with E-state index >= 15 is 0 Å². The molecule has 0 atom stereocenters. The predicted molar refractivity (Wildman–Crippen MR) is 114 cm³/mol. The van der Waals surface area contributed by atoms with Crippen LogP contribution in [-0.2, 0) is 16.6 Å². The van der Waals surface area contributed by atoms with E-state index in [4.69, 9.17) is 4.74 Å². The van der Waals surface area contributed by atoms with E-state index in [1.807, 2.05) is 31.2 Å². The minimum atomic E-state index is -3.59. The molecule has 0 bridgehead atoms. The van der Waals surface area contributed by atoms with E-state index in [0.29, 0.717) is 32.0 Å². The number of nitrogens with zero attached hydrogens (tertiary/aromatic N) is 2. The van der Waals surface area contributed by atoms with Crippen LogP contribution < -0.4 is 10.1 Å². The molecule has 0 spiro atoms. The molecule has 3 rings (SSSR count). The van der Waals surface area contributed by atoms with Crippen molar-refractivity contribution in [1.82, 2.24) is 14.5 Å². The molecule has 0 saturated carbocycles. The number of urea groups is 1. The van der Waals surface area contributed by atoms with Crippen molar-refractivity contribution in [2.45, 2.75) is 18.4 Å². The molecule has 0 aromatic heterocycles. The molecule has 2 amide bonds. The normalized spacial score (nSPS) is 15.2. The lowest BCUT2D eigenvalue weighted by molar-refractivity contribution is 0.172. The summed E-state index contributed by atoms with van der Waals surface area (Å²) in [5.41, 5.74) is 0.990. The van der Waals surface area contributed by atoms with Crippen LogP contribution in [0.3, 0.4) is 0 Å². The number of ether oxygens (including phenoxy) is 1. The van der Waals surface area contributed by atoms with E-state index in [1.165, 1.54) is 4.31 Å². The Balaban J connectivity index is 1.54. The molecular weight excluding hydrogens is 458 g/mol. The average Bonchev–Trinajstić information content (AvgIpc) is 2.73. The Hall–Kier alpha value is -2.10. The van der Waals surface area contributed by atoms with Gasteiger partial charge in [-0.05, 0) is 48.9 Å². The van der Waals surface area contributed by atoms with Crippen LogP contribution in [0.5, 0.6) is 5.75 Å². The number of nitrogens with one attached hydrogen (secondary N) is 1. The first-order valence-electron chi connectivity index (χ1n) is 9.40. The largest absolute Gasteiger partial charge is 0.494 e. The van der Waals surface area contributed by atoms with Crippen molar-refractivity contribution >= 4 is 32.0 Å². The molecular formula is C20H24BrN3O4S. The zero-order chi connectivity index (χ0) is 20.9. The first kappa shape index (κ1) is 21.6.